The normalized spacial score (nSPS) is 17.0. The molecule has 2 aliphatic rings. The Labute approximate surface area is 180 Å². The Morgan fingerprint density at radius 1 is 0.966 bits per heavy atom. The van der Waals surface area contributed by atoms with Crippen molar-refractivity contribution in [1.29, 1.82) is 5.26 Å². The first-order valence-corrected chi connectivity index (χ1v) is 10.8. The molecule has 1 fully saturated rings. The van der Waals surface area contributed by atoms with Gasteiger partial charge in [-0.25, -0.2) is 4.79 Å². The third-order valence-corrected chi connectivity index (χ3v) is 6.46. The van der Waals surface area contributed by atoms with Crippen molar-refractivity contribution in [3.05, 3.63) is 68.7 Å². The summed E-state index contributed by atoms with van der Waals surface area (Å²) in [5.41, 5.74) is 4.96. The summed E-state index contributed by atoms with van der Waals surface area (Å²) in [7, 11) is 0. The predicted molar refractivity (Wildman–Crippen MR) is 115 cm³/mol. The van der Waals surface area contributed by atoms with Crippen LogP contribution >= 0.6 is 15.9 Å². The van der Waals surface area contributed by atoms with Gasteiger partial charge < -0.3 is 14.5 Å². The smallest absolute Gasteiger partial charge is 0.338 e. The van der Waals surface area contributed by atoms with E-state index in [0.29, 0.717) is 12.2 Å². The van der Waals surface area contributed by atoms with Gasteiger partial charge in [-0.05, 0) is 58.1 Å². The molecule has 2 aliphatic heterocycles. The Hall–Kier alpha value is -2.20. The second-order valence-corrected chi connectivity index (χ2v) is 8.53. The zero-order chi connectivity index (χ0) is 20.2. The zero-order valence-corrected chi connectivity index (χ0v) is 18.0. The van der Waals surface area contributed by atoms with Crippen LogP contribution in [0.3, 0.4) is 0 Å². The number of piperazine rings is 1. The quantitative estimate of drug-likeness (QED) is 0.627. The summed E-state index contributed by atoms with van der Waals surface area (Å²) in [6.45, 7) is 6.85. The van der Waals surface area contributed by atoms with Crippen molar-refractivity contribution in [3.63, 3.8) is 0 Å². The van der Waals surface area contributed by atoms with Crippen LogP contribution in [0.5, 0.6) is 0 Å². The highest BCUT2D eigenvalue weighted by Crippen LogP contribution is 2.21. The lowest BCUT2D eigenvalue weighted by Gasteiger charge is -2.34. The molecule has 0 spiro atoms. The molecule has 5 nitrogen and oxygen atoms in total. The minimum absolute atomic E-state index is 0.198. The van der Waals surface area contributed by atoms with Crippen molar-refractivity contribution >= 4 is 21.9 Å². The maximum atomic E-state index is 11.6. The number of fused-ring (bicyclic) bond motifs is 1. The van der Waals surface area contributed by atoms with Gasteiger partial charge in [-0.3, -0.25) is 0 Å². The van der Waals surface area contributed by atoms with E-state index in [1.165, 1.54) is 11.1 Å². The summed E-state index contributed by atoms with van der Waals surface area (Å²) in [5, 5.41) is 9.02. The van der Waals surface area contributed by atoms with E-state index in [2.05, 4.69) is 56.1 Å². The molecule has 0 radical (unpaired) electrons. The van der Waals surface area contributed by atoms with E-state index in [4.69, 9.17) is 10.00 Å². The SMILES string of the molecule is N#Cc1ccc(CCN2CCN(CCc3ccc4c(c3)COC4=O)CC2)cc1Br. The third kappa shape index (κ3) is 4.87. The van der Waals surface area contributed by atoms with Crippen LogP contribution in [0.15, 0.2) is 40.9 Å². The van der Waals surface area contributed by atoms with Crippen LogP contribution in [0, 0.1) is 11.3 Å². The van der Waals surface area contributed by atoms with Crippen molar-refractivity contribution in [1.82, 2.24) is 9.80 Å². The molecule has 2 aromatic carbocycles. The first-order chi connectivity index (χ1) is 14.1. The van der Waals surface area contributed by atoms with E-state index < -0.39 is 0 Å². The van der Waals surface area contributed by atoms with Gasteiger partial charge in [0.05, 0.1) is 11.1 Å². The molecule has 0 amide bonds. The summed E-state index contributed by atoms with van der Waals surface area (Å²) < 4.78 is 5.97. The number of ether oxygens (including phenoxy) is 1. The molecular weight excluding hydrogens is 430 g/mol. The Morgan fingerprint density at radius 3 is 2.21 bits per heavy atom. The largest absolute Gasteiger partial charge is 0.457 e. The fraction of sp³-hybridized carbons (Fsp3) is 0.391. The number of nitriles is 1. The van der Waals surface area contributed by atoms with E-state index in [-0.39, 0.29) is 5.97 Å². The summed E-state index contributed by atoms with van der Waals surface area (Å²) >= 11 is 3.47. The molecule has 0 saturated carbocycles. The lowest BCUT2D eigenvalue weighted by molar-refractivity contribution is 0.0535. The van der Waals surface area contributed by atoms with E-state index in [9.17, 15) is 4.79 Å². The van der Waals surface area contributed by atoms with Crippen molar-refractivity contribution in [3.8, 4) is 6.07 Å². The molecule has 0 aliphatic carbocycles. The van der Waals surface area contributed by atoms with Crippen molar-refractivity contribution in [2.24, 2.45) is 0 Å². The Balaban J connectivity index is 1.20. The molecule has 1 saturated heterocycles. The topological polar surface area (TPSA) is 56.6 Å². The Morgan fingerprint density at radius 2 is 1.59 bits per heavy atom. The van der Waals surface area contributed by atoms with Crippen LogP contribution in [0.2, 0.25) is 0 Å². The fourth-order valence-electron chi connectivity index (χ4n) is 3.96. The Bertz CT molecular complexity index is 946. The first kappa shape index (κ1) is 20.1. The third-order valence-electron chi connectivity index (χ3n) is 5.80. The molecule has 6 heteroatoms. The number of carbonyl (C=O) groups excluding carboxylic acids is 1. The van der Waals surface area contributed by atoms with Gasteiger partial charge in [0.25, 0.3) is 0 Å². The van der Waals surface area contributed by atoms with Gasteiger partial charge in [0.2, 0.25) is 0 Å². The predicted octanol–water partition coefficient (Wildman–Crippen LogP) is 3.39. The Kier molecular flexibility index (Phi) is 6.29. The fourth-order valence-corrected chi connectivity index (χ4v) is 4.47. The molecular formula is C23H24BrN3O2. The van der Waals surface area contributed by atoms with Crippen LogP contribution < -0.4 is 0 Å². The number of carbonyl (C=O) groups is 1. The van der Waals surface area contributed by atoms with Gasteiger partial charge in [-0.15, -0.1) is 0 Å². The number of nitrogens with zero attached hydrogens (tertiary/aromatic N) is 3. The van der Waals surface area contributed by atoms with Gasteiger partial charge in [0.15, 0.2) is 0 Å². The molecule has 29 heavy (non-hydrogen) atoms. The lowest BCUT2D eigenvalue weighted by Crippen LogP contribution is -2.47. The molecule has 0 atom stereocenters. The van der Waals surface area contributed by atoms with E-state index in [0.717, 1.165) is 67.7 Å². The molecule has 0 bridgehead atoms. The minimum atomic E-state index is -0.198. The average Bonchev–Trinajstić information content (AvgIpc) is 3.12. The van der Waals surface area contributed by atoms with Crippen molar-refractivity contribution in [2.45, 2.75) is 19.4 Å². The van der Waals surface area contributed by atoms with E-state index >= 15 is 0 Å². The molecule has 2 heterocycles. The number of benzene rings is 2. The highest BCUT2D eigenvalue weighted by atomic mass is 79.9. The molecule has 0 N–H and O–H groups in total. The minimum Gasteiger partial charge on any atom is -0.457 e. The summed E-state index contributed by atoms with van der Waals surface area (Å²) in [4.78, 5) is 16.6. The average molecular weight is 454 g/mol. The maximum absolute atomic E-state index is 11.6. The molecule has 4 rings (SSSR count). The highest BCUT2D eigenvalue weighted by Gasteiger charge is 2.21. The van der Waals surface area contributed by atoms with E-state index in [1.807, 2.05) is 12.1 Å². The number of rotatable bonds is 6. The van der Waals surface area contributed by atoms with Gasteiger partial charge in [0, 0.05) is 49.3 Å². The standard InChI is InChI=1S/C23H24BrN3O2/c24-22-14-18(1-3-19(22)15-25)6-8-27-11-9-26(10-12-27)7-5-17-2-4-21-20(13-17)16-29-23(21)28/h1-4,13-14H,5-12,16H2. The van der Waals surface area contributed by atoms with Crippen molar-refractivity contribution < 1.29 is 9.53 Å². The molecule has 0 aromatic heterocycles. The van der Waals surface area contributed by atoms with Crippen LogP contribution in [0.4, 0.5) is 0 Å². The second-order valence-electron chi connectivity index (χ2n) is 7.68. The number of cyclic esters (lactones) is 1. The lowest BCUT2D eigenvalue weighted by atomic mass is 10.0. The van der Waals surface area contributed by atoms with Crippen LogP contribution in [0.1, 0.15) is 32.6 Å². The van der Waals surface area contributed by atoms with Gasteiger partial charge in [-0.1, -0.05) is 18.2 Å². The summed E-state index contributed by atoms with van der Waals surface area (Å²) in [6.07, 6.45) is 2.00. The molecule has 150 valence electrons. The zero-order valence-electron chi connectivity index (χ0n) is 16.4. The highest BCUT2D eigenvalue weighted by molar-refractivity contribution is 9.10. The van der Waals surface area contributed by atoms with Crippen LogP contribution in [0.25, 0.3) is 0 Å². The van der Waals surface area contributed by atoms with Gasteiger partial charge in [-0.2, -0.15) is 5.26 Å². The summed E-state index contributed by atoms with van der Waals surface area (Å²) in [6, 6.07) is 14.3. The van der Waals surface area contributed by atoms with Crippen LogP contribution in [-0.4, -0.2) is 55.0 Å². The second kappa shape index (κ2) is 9.08. The molecule has 2 aromatic rings. The maximum Gasteiger partial charge on any atom is 0.338 e. The van der Waals surface area contributed by atoms with Crippen LogP contribution in [-0.2, 0) is 24.2 Å². The number of esters is 1. The monoisotopic (exact) mass is 453 g/mol. The summed E-state index contributed by atoms with van der Waals surface area (Å²) in [5.74, 6) is -0.198. The number of halogens is 1. The molecule has 0 unspecified atom stereocenters. The first-order valence-electron chi connectivity index (χ1n) is 10.0. The van der Waals surface area contributed by atoms with E-state index in [1.54, 1.807) is 0 Å². The van der Waals surface area contributed by atoms with Crippen molar-refractivity contribution in [2.75, 3.05) is 39.3 Å². The van der Waals surface area contributed by atoms with Gasteiger partial charge >= 0.3 is 5.97 Å². The van der Waals surface area contributed by atoms with Gasteiger partial charge in [0.1, 0.15) is 12.7 Å². The number of hydrogen-bond donors (Lipinski definition) is 0. The number of hydrogen-bond acceptors (Lipinski definition) is 5.